The number of nitro groups is 1. The molecule has 1 aromatic rings. The van der Waals surface area contributed by atoms with Crippen molar-refractivity contribution >= 4 is 17.4 Å². The highest BCUT2D eigenvalue weighted by molar-refractivity contribution is 5.89. The van der Waals surface area contributed by atoms with Crippen molar-refractivity contribution < 1.29 is 9.72 Å². The number of rotatable bonds is 5. The molecule has 18 heavy (non-hydrogen) atoms. The zero-order chi connectivity index (χ0) is 13.5. The van der Waals surface area contributed by atoms with E-state index in [-0.39, 0.29) is 11.7 Å². The van der Waals surface area contributed by atoms with Crippen LogP contribution in [0, 0.1) is 16.0 Å². The molecule has 0 saturated carbocycles. The number of carbonyl (C=O) groups is 1. The Morgan fingerprint density at radius 2 is 1.94 bits per heavy atom. The van der Waals surface area contributed by atoms with Crippen LogP contribution in [0.2, 0.25) is 0 Å². The van der Waals surface area contributed by atoms with Crippen LogP contribution < -0.4 is 10.6 Å². The summed E-state index contributed by atoms with van der Waals surface area (Å²) in [5, 5.41) is 15.8. The van der Waals surface area contributed by atoms with Crippen LogP contribution in [-0.2, 0) is 0 Å². The zero-order valence-electron chi connectivity index (χ0n) is 10.5. The topological polar surface area (TPSA) is 84.3 Å². The van der Waals surface area contributed by atoms with Crippen molar-refractivity contribution in [3.63, 3.8) is 0 Å². The Morgan fingerprint density at radius 1 is 1.33 bits per heavy atom. The molecule has 0 radical (unpaired) electrons. The van der Waals surface area contributed by atoms with Gasteiger partial charge in [0.05, 0.1) is 4.92 Å². The minimum absolute atomic E-state index is 0.000709. The van der Waals surface area contributed by atoms with Crippen molar-refractivity contribution in [2.45, 2.75) is 20.3 Å². The third-order valence-electron chi connectivity index (χ3n) is 2.34. The number of anilines is 1. The van der Waals surface area contributed by atoms with E-state index in [0.29, 0.717) is 18.2 Å². The molecule has 0 aliphatic heterocycles. The van der Waals surface area contributed by atoms with Gasteiger partial charge in [-0.15, -0.1) is 0 Å². The van der Waals surface area contributed by atoms with E-state index in [9.17, 15) is 14.9 Å². The number of hydrogen-bond acceptors (Lipinski definition) is 3. The number of urea groups is 1. The maximum atomic E-state index is 11.5. The average Bonchev–Trinajstić information content (AvgIpc) is 2.29. The van der Waals surface area contributed by atoms with Crippen LogP contribution >= 0.6 is 0 Å². The van der Waals surface area contributed by atoms with Crippen LogP contribution in [-0.4, -0.2) is 17.5 Å². The van der Waals surface area contributed by atoms with Crippen molar-refractivity contribution in [1.82, 2.24) is 5.32 Å². The van der Waals surface area contributed by atoms with Crippen molar-refractivity contribution in [2.24, 2.45) is 5.92 Å². The maximum absolute atomic E-state index is 11.5. The predicted molar refractivity (Wildman–Crippen MR) is 69.6 cm³/mol. The molecule has 0 aromatic heterocycles. The highest BCUT2D eigenvalue weighted by atomic mass is 16.6. The fraction of sp³-hybridized carbons (Fsp3) is 0.417. The molecule has 6 heteroatoms. The van der Waals surface area contributed by atoms with Gasteiger partial charge in [0.1, 0.15) is 0 Å². The number of nitrogens with one attached hydrogen (secondary N) is 2. The lowest BCUT2D eigenvalue weighted by molar-refractivity contribution is -0.384. The normalized spacial score (nSPS) is 10.2. The van der Waals surface area contributed by atoms with Crippen molar-refractivity contribution in [3.8, 4) is 0 Å². The summed E-state index contributed by atoms with van der Waals surface area (Å²) in [6.45, 7) is 4.77. The second-order valence-corrected chi connectivity index (χ2v) is 4.37. The molecule has 0 unspecified atom stereocenters. The first-order valence-electron chi connectivity index (χ1n) is 5.78. The monoisotopic (exact) mass is 251 g/mol. The van der Waals surface area contributed by atoms with Gasteiger partial charge < -0.3 is 10.6 Å². The molecular weight excluding hydrogens is 234 g/mol. The quantitative estimate of drug-likeness (QED) is 0.623. The number of nitro benzene ring substituents is 1. The summed E-state index contributed by atoms with van der Waals surface area (Å²) in [5.74, 6) is 0.532. The van der Waals surface area contributed by atoms with E-state index < -0.39 is 4.92 Å². The summed E-state index contributed by atoms with van der Waals surface area (Å²) in [6, 6.07) is 5.40. The summed E-state index contributed by atoms with van der Waals surface area (Å²) in [6.07, 6.45) is 0.910. The van der Waals surface area contributed by atoms with Gasteiger partial charge in [0.25, 0.3) is 5.69 Å². The Kier molecular flexibility index (Phi) is 5.10. The summed E-state index contributed by atoms with van der Waals surface area (Å²) in [5.41, 5.74) is 0.531. The van der Waals surface area contributed by atoms with Crippen LogP contribution in [0.1, 0.15) is 20.3 Å². The Hall–Kier alpha value is -2.11. The first-order valence-corrected chi connectivity index (χ1v) is 5.78. The average molecular weight is 251 g/mol. The number of carbonyl (C=O) groups excluding carboxylic acids is 1. The fourth-order valence-corrected chi connectivity index (χ4v) is 1.32. The fourth-order valence-electron chi connectivity index (χ4n) is 1.32. The van der Waals surface area contributed by atoms with Gasteiger partial charge in [-0.05, 0) is 24.5 Å². The van der Waals surface area contributed by atoms with Crippen LogP contribution in [0.25, 0.3) is 0 Å². The van der Waals surface area contributed by atoms with Crippen LogP contribution in [0.3, 0.4) is 0 Å². The lowest BCUT2D eigenvalue weighted by Gasteiger charge is -2.08. The van der Waals surface area contributed by atoms with Gasteiger partial charge in [0, 0.05) is 24.4 Å². The second kappa shape index (κ2) is 6.58. The van der Waals surface area contributed by atoms with E-state index in [1.807, 2.05) is 0 Å². The molecule has 2 N–H and O–H groups in total. The van der Waals surface area contributed by atoms with E-state index in [0.717, 1.165) is 6.42 Å². The Balaban J connectivity index is 2.42. The van der Waals surface area contributed by atoms with Gasteiger partial charge in [-0.25, -0.2) is 4.79 Å². The van der Waals surface area contributed by atoms with E-state index in [1.165, 1.54) is 24.3 Å². The number of hydrogen-bond donors (Lipinski definition) is 2. The van der Waals surface area contributed by atoms with Crippen LogP contribution in [0.15, 0.2) is 24.3 Å². The summed E-state index contributed by atoms with van der Waals surface area (Å²) >= 11 is 0. The molecule has 0 aliphatic rings. The zero-order valence-corrected chi connectivity index (χ0v) is 10.5. The number of non-ortho nitro benzene ring substituents is 1. The molecule has 2 amide bonds. The molecule has 0 atom stereocenters. The molecule has 1 rings (SSSR count). The van der Waals surface area contributed by atoms with Gasteiger partial charge in [0.15, 0.2) is 0 Å². The van der Waals surface area contributed by atoms with E-state index in [2.05, 4.69) is 24.5 Å². The van der Waals surface area contributed by atoms with Crippen molar-refractivity contribution in [3.05, 3.63) is 34.4 Å². The van der Waals surface area contributed by atoms with E-state index in [4.69, 9.17) is 0 Å². The first kappa shape index (κ1) is 14.0. The molecule has 0 aliphatic carbocycles. The molecule has 0 bridgehead atoms. The summed E-state index contributed by atoms with van der Waals surface area (Å²) in [7, 11) is 0. The lowest BCUT2D eigenvalue weighted by Crippen LogP contribution is -2.30. The minimum Gasteiger partial charge on any atom is -0.338 e. The first-order chi connectivity index (χ1) is 8.49. The van der Waals surface area contributed by atoms with Gasteiger partial charge >= 0.3 is 6.03 Å². The molecule has 0 saturated heterocycles. The third-order valence-corrected chi connectivity index (χ3v) is 2.34. The standard InChI is InChI=1S/C12H17N3O3/c1-9(2)7-8-13-12(16)14-10-3-5-11(6-4-10)15(17)18/h3-6,9H,7-8H2,1-2H3,(H2,13,14,16). The number of amides is 2. The van der Waals surface area contributed by atoms with Crippen molar-refractivity contribution in [2.75, 3.05) is 11.9 Å². The summed E-state index contributed by atoms with van der Waals surface area (Å²) in [4.78, 5) is 21.4. The number of benzene rings is 1. The molecule has 1 aromatic carbocycles. The molecule has 0 spiro atoms. The lowest BCUT2D eigenvalue weighted by atomic mass is 10.1. The van der Waals surface area contributed by atoms with Gasteiger partial charge in [-0.3, -0.25) is 10.1 Å². The molecule has 98 valence electrons. The third kappa shape index (κ3) is 4.82. The summed E-state index contributed by atoms with van der Waals surface area (Å²) < 4.78 is 0. The SMILES string of the molecule is CC(C)CCNC(=O)Nc1ccc([N+](=O)[O-])cc1. The van der Waals surface area contributed by atoms with Gasteiger partial charge in [0.2, 0.25) is 0 Å². The Bertz CT molecular complexity index is 415. The number of nitrogens with zero attached hydrogens (tertiary/aromatic N) is 1. The smallest absolute Gasteiger partial charge is 0.319 e. The minimum atomic E-state index is -0.480. The van der Waals surface area contributed by atoms with E-state index in [1.54, 1.807) is 0 Å². The van der Waals surface area contributed by atoms with Gasteiger partial charge in [-0.2, -0.15) is 0 Å². The van der Waals surface area contributed by atoms with Crippen molar-refractivity contribution in [1.29, 1.82) is 0 Å². The highest BCUT2D eigenvalue weighted by Gasteiger charge is 2.06. The van der Waals surface area contributed by atoms with Crippen LogP contribution in [0.5, 0.6) is 0 Å². The largest absolute Gasteiger partial charge is 0.338 e. The Labute approximate surface area is 106 Å². The molecule has 0 fully saturated rings. The molecule has 6 nitrogen and oxygen atoms in total. The Morgan fingerprint density at radius 3 is 2.44 bits per heavy atom. The van der Waals surface area contributed by atoms with E-state index >= 15 is 0 Å². The van der Waals surface area contributed by atoms with Gasteiger partial charge in [-0.1, -0.05) is 13.8 Å². The predicted octanol–water partition coefficient (Wildman–Crippen LogP) is 2.76. The molecular formula is C12H17N3O3. The second-order valence-electron chi connectivity index (χ2n) is 4.37. The van der Waals surface area contributed by atoms with Crippen LogP contribution in [0.4, 0.5) is 16.2 Å². The maximum Gasteiger partial charge on any atom is 0.319 e. The molecule has 0 heterocycles. The highest BCUT2D eigenvalue weighted by Crippen LogP contribution is 2.15.